The molecule has 1 heterocycles. The van der Waals surface area contributed by atoms with Crippen molar-refractivity contribution in [2.45, 2.75) is 25.8 Å². The fourth-order valence-corrected chi connectivity index (χ4v) is 1.32. The number of rotatable bonds is 5. The van der Waals surface area contributed by atoms with Crippen molar-refractivity contribution >= 4 is 5.91 Å². The number of amides is 1. The van der Waals surface area contributed by atoms with Crippen molar-refractivity contribution in [3.05, 3.63) is 18.2 Å². The molecule has 1 atom stereocenters. The van der Waals surface area contributed by atoms with Crippen molar-refractivity contribution in [1.29, 1.82) is 0 Å². The number of hydrogen-bond acceptors (Lipinski definition) is 3. The molecule has 0 aliphatic carbocycles. The van der Waals surface area contributed by atoms with Gasteiger partial charge in [0.1, 0.15) is 5.82 Å². The van der Waals surface area contributed by atoms with Gasteiger partial charge in [-0.2, -0.15) is 0 Å². The van der Waals surface area contributed by atoms with Gasteiger partial charge in [-0.25, -0.2) is 4.98 Å². The van der Waals surface area contributed by atoms with Crippen LogP contribution in [0.3, 0.4) is 0 Å². The third-order valence-corrected chi connectivity index (χ3v) is 2.10. The van der Waals surface area contributed by atoms with E-state index in [1.165, 1.54) is 0 Å². The van der Waals surface area contributed by atoms with Crippen LogP contribution in [0.5, 0.6) is 0 Å². The minimum Gasteiger partial charge on any atom is -0.356 e. The molecule has 1 unspecified atom stereocenters. The Morgan fingerprint density at radius 1 is 1.73 bits per heavy atom. The fourth-order valence-electron chi connectivity index (χ4n) is 1.32. The number of aryl methyl sites for hydroxylation is 1. The quantitative estimate of drug-likeness (QED) is 0.708. The highest BCUT2D eigenvalue weighted by Crippen LogP contribution is 1.94. The highest BCUT2D eigenvalue weighted by Gasteiger charge is 2.04. The van der Waals surface area contributed by atoms with E-state index in [0.717, 1.165) is 12.2 Å². The van der Waals surface area contributed by atoms with Gasteiger partial charge in [0.2, 0.25) is 5.91 Å². The monoisotopic (exact) mass is 210 g/mol. The van der Waals surface area contributed by atoms with E-state index in [1.54, 1.807) is 6.20 Å². The zero-order valence-electron chi connectivity index (χ0n) is 9.23. The molecule has 0 saturated carbocycles. The molecule has 1 aromatic rings. The Labute approximate surface area is 89.7 Å². The van der Waals surface area contributed by atoms with Gasteiger partial charge >= 0.3 is 0 Å². The normalized spacial score (nSPS) is 12.5. The summed E-state index contributed by atoms with van der Waals surface area (Å²) < 4.78 is 1.94. The maximum absolute atomic E-state index is 11.2. The molecule has 15 heavy (non-hydrogen) atoms. The topological polar surface area (TPSA) is 72.9 Å². The van der Waals surface area contributed by atoms with E-state index in [2.05, 4.69) is 10.3 Å². The second-order valence-electron chi connectivity index (χ2n) is 3.74. The lowest BCUT2D eigenvalue weighted by Crippen LogP contribution is -2.31. The number of imidazole rings is 1. The Hall–Kier alpha value is -1.36. The maximum atomic E-state index is 11.2. The minimum atomic E-state index is -0.0850. The van der Waals surface area contributed by atoms with Crippen LogP contribution in [0.4, 0.5) is 0 Å². The van der Waals surface area contributed by atoms with Gasteiger partial charge in [0.25, 0.3) is 0 Å². The summed E-state index contributed by atoms with van der Waals surface area (Å²) >= 11 is 0. The second-order valence-corrected chi connectivity index (χ2v) is 3.74. The Kier molecular flexibility index (Phi) is 4.30. The van der Waals surface area contributed by atoms with Gasteiger partial charge < -0.3 is 15.6 Å². The van der Waals surface area contributed by atoms with E-state index in [9.17, 15) is 4.79 Å². The van der Waals surface area contributed by atoms with Crippen molar-refractivity contribution in [2.24, 2.45) is 12.8 Å². The van der Waals surface area contributed by atoms with Gasteiger partial charge in [0.05, 0.1) is 0 Å². The first-order chi connectivity index (χ1) is 7.09. The summed E-state index contributed by atoms with van der Waals surface area (Å²) in [6, 6.07) is -0.0850. The summed E-state index contributed by atoms with van der Waals surface area (Å²) in [7, 11) is 1.94. The lowest BCUT2D eigenvalue weighted by atomic mass is 10.2. The first-order valence-electron chi connectivity index (χ1n) is 5.08. The zero-order chi connectivity index (χ0) is 11.3. The first kappa shape index (κ1) is 11.7. The molecule has 0 bridgehead atoms. The maximum Gasteiger partial charge on any atom is 0.221 e. The molecule has 1 rings (SSSR count). The van der Waals surface area contributed by atoms with E-state index in [0.29, 0.717) is 13.0 Å². The van der Waals surface area contributed by atoms with E-state index in [-0.39, 0.29) is 11.9 Å². The molecular formula is C10H18N4O. The van der Waals surface area contributed by atoms with Crippen LogP contribution in [0.15, 0.2) is 12.4 Å². The van der Waals surface area contributed by atoms with E-state index < -0.39 is 0 Å². The summed E-state index contributed by atoms with van der Waals surface area (Å²) in [5.74, 6) is 0.968. The average molecular weight is 210 g/mol. The summed E-state index contributed by atoms with van der Waals surface area (Å²) in [6.45, 7) is 2.43. The largest absolute Gasteiger partial charge is 0.356 e. The highest BCUT2D eigenvalue weighted by molar-refractivity contribution is 5.76. The van der Waals surface area contributed by atoms with Gasteiger partial charge in [-0.15, -0.1) is 0 Å². The molecule has 0 aromatic carbocycles. The van der Waals surface area contributed by atoms with Crippen molar-refractivity contribution in [1.82, 2.24) is 14.9 Å². The van der Waals surface area contributed by atoms with Gasteiger partial charge in [-0.05, 0) is 6.92 Å². The molecular weight excluding hydrogens is 192 g/mol. The number of hydrogen-bond donors (Lipinski definition) is 2. The fraction of sp³-hybridized carbons (Fsp3) is 0.600. The van der Waals surface area contributed by atoms with E-state index >= 15 is 0 Å². The van der Waals surface area contributed by atoms with Gasteiger partial charge in [-0.1, -0.05) is 0 Å². The van der Waals surface area contributed by atoms with Crippen molar-refractivity contribution in [3.8, 4) is 0 Å². The average Bonchev–Trinajstić information content (AvgIpc) is 2.50. The third-order valence-electron chi connectivity index (χ3n) is 2.10. The van der Waals surface area contributed by atoms with Crippen molar-refractivity contribution in [3.63, 3.8) is 0 Å². The van der Waals surface area contributed by atoms with Crippen LogP contribution < -0.4 is 11.1 Å². The van der Waals surface area contributed by atoms with Crippen molar-refractivity contribution in [2.75, 3.05) is 6.54 Å². The molecule has 0 aliphatic rings. The van der Waals surface area contributed by atoms with Crippen LogP contribution in [0.2, 0.25) is 0 Å². The summed E-state index contributed by atoms with van der Waals surface area (Å²) in [5, 5.41) is 2.81. The smallest absolute Gasteiger partial charge is 0.221 e. The first-order valence-corrected chi connectivity index (χ1v) is 5.08. The van der Waals surface area contributed by atoms with Crippen LogP contribution in [-0.4, -0.2) is 28.0 Å². The molecule has 0 spiro atoms. The molecule has 0 saturated heterocycles. The van der Waals surface area contributed by atoms with Crippen LogP contribution in [0.1, 0.15) is 19.2 Å². The summed E-state index contributed by atoms with van der Waals surface area (Å²) in [5.41, 5.74) is 5.51. The number of nitrogens with two attached hydrogens (primary N) is 1. The zero-order valence-corrected chi connectivity index (χ0v) is 9.23. The lowest BCUT2D eigenvalue weighted by molar-refractivity contribution is -0.121. The molecule has 0 fully saturated rings. The van der Waals surface area contributed by atoms with Crippen LogP contribution in [-0.2, 0) is 18.3 Å². The third kappa shape index (κ3) is 4.12. The lowest BCUT2D eigenvalue weighted by Gasteiger charge is -2.07. The molecule has 1 amide bonds. The molecule has 5 nitrogen and oxygen atoms in total. The van der Waals surface area contributed by atoms with Gasteiger partial charge in [-0.3, -0.25) is 4.79 Å². The predicted octanol–water partition coefficient (Wildman–Crippen LogP) is -0.184. The number of nitrogens with zero attached hydrogens (tertiary/aromatic N) is 2. The number of aromatic nitrogens is 2. The Bertz CT molecular complexity index is 319. The van der Waals surface area contributed by atoms with Crippen LogP contribution in [0, 0.1) is 0 Å². The highest BCUT2D eigenvalue weighted by atomic mass is 16.1. The minimum absolute atomic E-state index is 0.000732. The number of carbonyl (C=O) groups excluding carboxylic acids is 1. The SMILES string of the molecule is CC(N)CC(=O)NCCc1nccn1C. The Morgan fingerprint density at radius 2 is 2.47 bits per heavy atom. The molecule has 5 heteroatoms. The van der Waals surface area contributed by atoms with Crippen molar-refractivity contribution < 1.29 is 4.79 Å². The molecule has 1 aromatic heterocycles. The second kappa shape index (κ2) is 5.50. The van der Waals surface area contributed by atoms with E-state index in [1.807, 2.05) is 24.7 Å². The summed E-state index contributed by atoms with van der Waals surface area (Å²) in [4.78, 5) is 15.4. The van der Waals surface area contributed by atoms with Gasteiger partial charge in [0.15, 0.2) is 0 Å². The standard InChI is InChI=1S/C10H18N4O/c1-8(11)7-10(15)13-4-3-9-12-5-6-14(9)2/h5-6,8H,3-4,7,11H2,1-2H3,(H,13,15). The molecule has 0 aliphatic heterocycles. The Balaban J connectivity index is 2.22. The summed E-state index contributed by atoms with van der Waals surface area (Å²) in [6.07, 6.45) is 4.76. The van der Waals surface area contributed by atoms with E-state index in [4.69, 9.17) is 5.73 Å². The molecule has 0 radical (unpaired) electrons. The molecule has 84 valence electrons. The van der Waals surface area contributed by atoms with Gasteiger partial charge in [0, 0.05) is 44.9 Å². The number of nitrogens with one attached hydrogen (secondary N) is 1. The molecule has 3 N–H and O–H groups in total. The number of carbonyl (C=O) groups is 1. The predicted molar refractivity (Wildman–Crippen MR) is 58.2 cm³/mol. The van der Waals surface area contributed by atoms with Crippen LogP contribution >= 0.6 is 0 Å². The van der Waals surface area contributed by atoms with Crippen LogP contribution in [0.25, 0.3) is 0 Å². The Morgan fingerprint density at radius 3 is 3.00 bits per heavy atom.